The Kier molecular flexibility index (Phi) is 6.29. The van der Waals surface area contributed by atoms with Gasteiger partial charge in [0.1, 0.15) is 23.1 Å². The SMILES string of the molecule is COc1ccc(/C=C/C(=O)c2cc(-c3ccc(F)cc3)c(OC)cc2OC)cc1. The van der Waals surface area contributed by atoms with Crippen LogP contribution in [0.5, 0.6) is 17.2 Å². The molecule has 4 nitrogen and oxygen atoms in total. The highest BCUT2D eigenvalue weighted by Crippen LogP contribution is 2.36. The summed E-state index contributed by atoms with van der Waals surface area (Å²) in [6.07, 6.45) is 3.21. The molecule has 0 fully saturated rings. The normalized spacial score (nSPS) is 10.8. The maximum Gasteiger partial charge on any atom is 0.189 e. The predicted octanol–water partition coefficient (Wildman–Crippen LogP) is 5.41. The van der Waals surface area contributed by atoms with E-state index in [4.69, 9.17) is 14.2 Å². The lowest BCUT2D eigenvalue weighted by atomic mass is 9.98. The molecule has 0 saturated carbocycles. The maximum absolute atomic E-state index is 13.3. The number of allylic oxidation sites excluding steroid dienone is 1. The van der Waals surface area contributed by atoms with Gasteiger partial charge in [-0.1, -0.05) is 30.3 Å². The van der Waals surface area contributed by atoms with E-state index < -0.39 is 0 Å². The number of carbonyl (C=O) groups excluding carboxylic acids is 1. The minimum Gasteiger partial charge on any atom is -0.497 e. The van der Waals surface area contributed by atoms with Crippen molar-refractivity contribution in [3.63, 3.8) is 0 Å². The number of ether oxygens (including phenoxy) is 3. The summed E-state index contributed by atoms with van der Waals surface area (Å²) in [6.45, 7) is 0. The van der Waals surface area contributed by atoms with Gasteiger partial charge in [0.15, 0.2) is 5.78 Å². The molecular formula is C24H21FO4. The van der Waals surface area contributed by atoms with Gasteiger partial charge < -0.3 is 14.2 Å². The minimum absolute atomic E-state index is 0.219. The average molecular weight is 392 g/mol. The molecule has 0 bridgehead atoms. The number of rotatable bonds is 7. The smallest absolute Gasteiger partial charge is 0.189 e. The number of benzene rings is 3. The van der Waals surface area contributed by atoms with Crippen LogP contribution < -0.4 is 14.2 Å². The van der Waals surface area contributed by atoms with Gasteiger partial charge in [-0.15, -0.1) is 0 Å². The first-order valence-electron chi connectivity index (χ1n) is 8.94. The molecule has 0 amide bonds. The monoisotopic (exact) mass is 392 g/mol. The number of methoxy groups -OCH3 is 3. The molecule has 148 valence electrons. The van der Waals surface area contributed by atoms with Crippen LogP contribution in [0.1, 0.15) is 15.9 Å². The fourth-order valence-electron chi connectivity index (χ4n) is 2.92. The summed E-state index contributed by atoms with van der Waals surface area (Å²) in [6, 6.07) is 16.7. The van der Waals surface area contributed by atoms with E-state index in [1.807, 2.05) is 24.3 Å². The van der Waals surface area contributed by atoms with Crippen molar-refractivity contribution >= 4 is 11.9 Å². The van der Waals surface area contributed by atoms with Crippen LogP contribution >= 0.6 is 0 Å². The lowest BCUT2D eigenvalue weighted by Gasteiger charge is -2.14. The van der Waals surface area contributed by atoms with Gasteiger partial charge >= 0.3 is 0 Å². The zero-order chi connectivity index (χ0) is 20.8. The van der Waals surface area contributed by atoms with Crippen LogP contribution in [0.2, 0.25) is 0 Å². The molecule has 5 heteroatoms. The van der Waals surface area contributed by atoms with Crippen LogP contribution in [0.3, 0.4) is 0 Å². The second-order valence-corrected chi connectivity index (χ2v) is 6.23. The van der Waals surface area contributed by atoms with Crippen LogP contribution in [0.25, 0.3) is 17.2 Å². The van der Waals surface area contributed by atoms with Crippen LogP contribution in [-0.4, -0.2) is 27.1 Å². The molecule has 0 aliphatic carbocycles. The summed E-state index contributed by atoms with van der Waals surface area (Å²) in [5, 5.41) is 0. The Bertz CT molecular complexity index is 1020. The molecule has 29 heavy (non-hydrogen) atoms. The highest BCUT2D eigenvalue weighted by Gasteiger charge is 2.16. The quantitative estimate of drug-likeness (QED) is 0.398. The van der Waals surface area contributed by atoms with Gasteiger partial charge in [-0.2, -0.15) is 0 Å². The number of hydrogen-bond donors (Lipinski definition) is 0. The van der Waals surface area contributed by atoms with Crippen molar-refractivity contribution in [3.8, 4) is 28.4 Å². The lowest BCUT2D eigenvalue weighted by molar-refractivity contribution is 0.104. The van der Waals surface area contributed by atoms with Gasteiger partial charge in [0, 0.05) is 11.6 Å². The van der Waals surface area contributed by atoms with Crippen LogP contribution in [0.15, 0.2) is 66.7 Å². The van der Waals surface area contributed by atoms with E-state index in [9.17, 15) is 9.18 Å². The van der Waals surface area contributed by atoms with Crippen molar-refractivity contribution in [3.05, 3.63) is 83.7 Å². The molecule has 0 unspecified atom stereocenters. The van der Waals surface area contributed by atoms with Crippen molar-refractivity contribution in [2.45, 2.75) is 0 Å². The Morgan fingerprint density at radius 3 is 2.07 bits per heavy atom. The van der Waals surface area contributed by atoms with E-state index in [1.165, 1.54) is 32.4 Å². The molecule has 0 atom stereocenters. The highest BCUT2D eigenvalue weighted by molar-refractivity contribution is 6.09. The molecular weight excluding hydrogens is 371 g/mol. The molecule has 3 rings (SSSR count). The maximum atomic E-state index is 13.3. The fourth-order valence-corrected chi connectivity index (χ4v) is 2.92. The lowest BCUT2D eigenvalue weighted by Crippen LogP contribution is -2.01. The van der Waals surface area contributed by atoms with Gasteiger partial charge in [-0.05, 0) is 47.5 Å². The standard InChI is InChI=1S/C24H21FO4/c1-27-19-11-4-16(5-12-19)6-13-22(26)21-14-20(17-7-9-18(25)10-8-17)23(28-2)15-24(21)29-3/h4-15H,1-3H3/b13-6+. The van der Waals surface area contributed by atoms with Crippen molar-refractivity contribution in [2.75, 3.05) is 21.3 Å². The van der Waals surface area contributed by atoms with Gasteiger partial charge in [0.2, 0.25) is 0 Å². The van der Waals surface area contributed by atoms with Crippen molar-refractivity contribution in [2.24, 2.45) is 0 Å². The number of ketones is 1. The largest absolute Gasteiger partial charge is 0.497 e. The van der Waals surface area contributed by atoms with E-state index in [0.717, 1.165) is 16.9 Å². The van der Waals surface area contributed by atoms with E-state index in [1.54, 1.807) is 37.5 Å². The van der Waals surface area contributed by atoms with Crippen molar-refractivity contribution in [1.82, 2.24) is 0 Å². The summed E-state index contributed by atoms with van der Waals surface area (Å²) in [7, 11) is 4.63. The van der Waals surface area contributed by atoms with Crippen LogP contribution in [0, 0.1) is 5.82 Å². The molecule has 0 saturated heterocycles. The Morgan fingerprint density at radius 2 is 1.48 bits per heavy atom. The molecule has 0 aromatic heterocycles. The third-order valence-electron chi connectivity index (χ3n) is 4.49. The van der Waals surface area contributed by atoms with E-state index >= 15 is 0 Å². The van der Waals surface area contributed by atoms with Gasteiger partial charge in [0.05, 0.1) is 26.9 Å². The van der Waals surface area contributed by atoms with Gasteiger partial charge in [-0.3, -0.25) is 4.79 Å². The van der Waals surface area contributed by atoms with E-state index in [2.05, 4.69) is 0 Å². The van der Waals surface area contributed by atoms with E-state index in [-0.39, 0.29) is 11.6 Å². The summed E-state index contributed by atoms with van der Waals surface area (Å²) >= 11 is 0. The Balaban J connectivity index is 1.97. The molecule has 0 aliphatic heterocycles. The summed E-state index contributed by atoms with van der Waals surface area (Å²) in [5.41, 5.74) is 2.66. The molecule has 3 aromatic rings. The Labute approximate surface area is 169 Å². The second-order valence-electron chi connectivity index (χ2n) is 6.23. The van der Waals surface area contributed by atoms with E-state index in [0.29, 0.717) is 22.6 Å². The average Bonchev–Trinajstić information content (AvgIpc) is 2.77. The topological polar surface area (TPSA) is 44.8 Å². The summed E-state index contributed by atoms with van der Waals surface area (Å²) in [4.78, 5) is 12.9. The zero-order valence-corrected chi connectivity index (χ0v) is 16.4. The molecule has 0 radical (unpaired) electrons. The molecule has 3 aromatic carbocycles. The molecule has 0 aliphatic rings. The third-order valence-corrected chi connectivity index (χ3v) is 4.49. The first kappa shape index (κ1) is 20.1. The third kappa shape index (κ3) is 4.63. The zero-order valence-electron chi connectivity index (χ0n) is 16.4. The van der Waals surface area contributed by atoms with Crippen molar-refractivity contribution in [1.29, 1.82) is 0 Å². The molecule has 0 heterocycles. The Morgan fingerprint density at radius 1 is 0.828 bits per heavy atom. The second kappa shape index (κ2) is 9.06. The summed E-state index contributed by atoms with van der Waals surface area (Å²) < 4.78 is 29.3. The number of carbonyl (C=O) groups is 1. The molecule has 0 spiro atoms. The Hall–Kier alpha value is -3.60. The summed E-state index contributed by atoms with van der Waals surface area (Å²) in [5.74, 6) is 1.12. The van der Waals surface area contributed by atoms with Gasteiger partial charge in [0.25, 0.3) is 0 Å². The fraction of sp³-hybridized carbons (Fsp3) is 0.125. The number of hydrogen-bond acceptors (Lipinski definition) is 4. The van der Waals surface area contributed by atoms with Crippen LogP contribution in [0.4, 0.5) is 4.39 Å². The highest BCUT2D eigenvalue weighted by atomic mass is 19.1. The van der Waals surface area contributed by atoms with Crippen molar-refractivity contribution < 1.29 is 23.4 Å². The van der Waals surface area contributed by atoms with Crippen LogP contribution in [-0.2, 0) is 0 Å². The predicted molar refractivity (Wildman–Crippen MR) is 111 cm³/mol. The first-order chi connectivity index (χ1) is 14.0. The first-order valence-corrected chi connectivity index (χ1v) is 8.94. The minimum atomic E-state index is -0.333. The van der Waals surface area contributed by atoms with Gasteiger partial charge in [-0.25, -0.2) is 4.39 Å². The molecule has 0 N–H and O–H groups in total. The number of halogens is 1.